The molecular weight excluding hydrogens is 192 g/mol. The number of rotatable bonds is 3. The largest absolute Gasteiger partial charge is 0.368 e. The summed E-state index contributed by atoms with van der Waals surface area (Å²) in [5.41, 5.74) is 0. The van der Waals surface area contributed by atoms with Gasteiger partial charge in [0.05, 0.1) is 6.04 Å². The summed E-state index contributed by atoms with van der Waals surface area (Å²) in [6, 6.07) is 0.388. The van der Waals surface area contributed by atoms with E-state index in [-0.39, 0.29) is 12.0 Å². The minimum Gasteiger partial charge on any atom is -0.368 e. The highest BCUT2D eigenvalue weighted by atomic mass is 16.5. The second-order valence-corrected chi connectivity index (χ2v) is 4.49. The van der Waals surface area contributed by atoms with Gasteiger partial charge in [-0.05, 0) is 19.3 Å². The Morgan fingerprint density at radius 3 is 2.67 bits per heavy atom. The van der Waals surface area contributed by atoms with Gasteiger partial charge in [0, 0.05) is 26.2 Å². The minimum absolute atomic E-state index is 0.189. The van der Waals surface area contributed by atoms with Crippen molar-refractivity contribution in [3.8, 4) is 0 Å². The van der Waals surface area contributed by atoms with Crippen molar-refractivity contribution in [2.75, 3.05) is 26.2 Å². The van der Waals surface area contributed by atoms with Gasteiger partial charge in [-0.15, -0.1) is 0 Å². The predicted octanol–water partition coefficient (Wildman–Crippen LogP) is 0.232. The van der Waals surface area contributed by atoms with Crippen LogP contribution in [0, 0.1) is 5.92 Å². The topological polar surface area (TPSA) is 41.6 Å². The van der Waals surface area contributed by atoms with E-state index in [9.17, 15) is 4.79 Å². The van der Waals surface area contributed by atoms with Crippen LogP contribution in [-0.4, -0.2) is 49.2 Å². The van der Waals surface area contributed by atoms with Crippen LogP contribution in [0.15, 0.2) is 0 Å². The molecule has 2 rings (SSSR count). The van der Waals surface area contributed by atoms with E-state index >= 15 is 0 Å². The first-order valence-corrected chi connectivity index (χ1v) is 5.86. The van der Waals surface area contributed by atoms with Crippen LogP contribution in [0.5, 0.6) is 0 Å². The van der Waals surface area contributed by atoms with E-state index in [1.54, 1.807) is 0 Å². The van der Waals surface area contributed by atoms with Crippen LogP contribution in [0.2, 0.25) is 0 Å². The monoisotopic (exact) mass is 212 g/mol. The number of nitrogens with zero attached hydrogens (tertiary/aromatic N) is 1. The number of carbonyl (C=O) groups is 1. The summed E-state index contributed by atoms with van der Waals surface area (Å²) in [5, 5.41) is 3.20. The second-order valence-electron chi connectivity index (χ2n) is 4.49. The average molecular weight is 212 g/mol. The zero-order chi connectivity index (χ0) is 10.8. The zero-order valence-corrected chi connectivity index (χ0v) is 9.53. The van der Waals surface area contributed by atoms with Gasteiger partial charge in [0.2, 0.25) is 0 Å². The molecule has 0 aromatic carbocycles. The summed E-state index contributed by atoms with van der Waals surface area (Å²) >= 11 is 0. The van der Waals surface area contributed by atoms with Gasteiger partial charge >= 0.3 is 0 Å². The van der Waals surface area contributed by atoms with Gasteiger partial charge in [-0.2, -0.15) is 0 Å². The summed E-state index contributed by atoms with van der Waals surface area (Å²) < 4.78 is 5.52. The molecule has 4 nitrogen and oxygen atoms in total. The molecule has 2 fully saturated rings. The molecule has 0 aromatic rings. The lowest BCUT2D eigenvalue weighted by molar-refractivity contribution is -0.145. The fraction of sp³-hybridized carbons (Fsp3) is 0.909. The van der Waals surface area contributed by atoms with Crippen molar-refractivity contribution in [2.24, 2.45) is 5.92 Å². The van der Waals surface area contributed by atoms with Gasteiger partial charge in [-0.3, -0.25) is 4.79 Å². The fourth-order valence-electron chi connectivity index (χ4n) is 2.26. The molecule has 0 aromatic heterocycles. The molecule has 15 heavy (non-hydrogen) atoms. The van der Waals surface area contributed by atoms with Crippen LogP contribution in [-0.2, 0) is 9.53 Å². The summed E-state index contributed by atoms with van der Waals surface area (Å²) in [4.78, 5) is 14.2. The Kier molecular flexibility index (Phi) is 3.26. The first-order valence-electron chi connectivity index (χ1n) is 5.86. The van der Waals surface area contributed by atoms with Gasteiger partial charge < -0.3 is 15.0 Å². The molecule has 0 aliphatic carbocycles. The Hall–Kier alpha value is -0.610. The van der Waals surface area contributed by atoms with Gasteiger partial charge in [0.15, 0.2) is 0 Å². The number of ether oxygens (including phenoxy) is 1. The third kappa shape index (κ3) is 2.01. The van der Waals surface area contributed by atoms with Gasteiger partial charge in [-0.25, -0.2) is 0 Å². The molecule has 2 unspecified atom stereocenters. The maximum atomic E-state index is 12.2. The van der Waals surface area contributed by atoms with Crippen LogP contribution in [0.25, 0.3) is 0 Å². The van der Waals surface area contributed by atoms with E-state index in [0.717, 1.165) is 32.7 Å². The Morgan fingerprint density at radius 1 is 1.53 bits per heavy atom. The summed E-state index contributed by atoms with van der Waals surface area (Å²) in [5.74, 6) is 0.564. The van der Waals surface area contributed by atoms with Crippen LogP contribution in [0.1, 0.15) is 20.3 Å². The number of hydrogen-bond donors (Lipinski definition) is 1. The normalized spacial score (nSPS) is 31.3. The van der Waals surface area contributed by atoms with Gasteiger partial charge in [0.1, 0.15) is 6.10 Å². The Morgan fingerprint density at radius 2 is 2.27 bits per heavy atom. The van der Waals surface area contributed by atoms with Crippen molar-refractivity contribution in [1.29, 1.82) is 0 Å². The number of hydrogen-bond acceptors (Lipinski definition) is 3. The number of likely N-dealkylation sites (N-methyl/N-ethyl adjacent to an activating group) is 1. The Balaban J connectivity index is 1.97. The average Bonchev–Trinajstić information content (AvgIpc) is 2.56. The van der Waals surface area contributed by atoms with Gasteiger partial charge in [-0.1, -0.05) is 6.92 Å². The van der Waals surface area contributed by atoms with E-state index in [0.29, 0.717) is 12.0 Å². The fourth-order valence-corrected chi connectivity index (χ4v) is 2.26. The molecule has 2 aliphatic rings. The maximum absolute atomic E-state index is 12.2. The smallest absolute Gasteiger partial charge is 0.252 e. The molecule has 1 amide bonds. The highest BCUT2D eigenvalue weighted by Crippen LogP contribution is 2.23. The number of nitrogens with one attached hydrogen (secondary N) is 1. The Bertz CT molecular complexity index is 241. The lowest BCUT2D eigenvalue weighted by Gasteiger charge is -2.39. The molecule has 1 N–H and O–H groups in total. The zero-order valence-electron chi connectivity index (χ0n) is 9.53. The second kappa shape index (κ2) is 4.49. The van der Waals surface area contributed by atoms with Crippen molar-refractivity contribution in [3.05, 3.63) is 0 Å². The quantitative estimate of drug-likeness (QED) is 0.728. The molecule has 86 valence electrons. The van der Waals surface area contributed by atoms with Gasteiger partial charge in [0.25, 0.3) is 5.91 Å². The molecule has 2 aliphatic heterocycles. The molecule has 0 spiro atoms. The molecule has 2 atom stereocenters. The predicted molar refractivity (Wildman–Crippen MR) is 57.6 cm³/mol. The molecular formula is C11H20N2O2. The minimum atomic E-state index is -0.189. The summed E-state index contributed by atoms with van der Waals surface area (Å²) in [7, 11) is 0. The molecule has 4 heteroatoms. The van der Waals surface area contributed by atoms with E-state index in [1.165, 1.54) is 0 Å². The van der Waals surface area contributed by atoms with Crippen LogP contribution < -0.4 is 5.32 Å². The molecule has 0 bridgehead atoms. The Labute approximate surface area is 91.0 Å². The van der Waals surface area contributed by atoms with E-state index in [4.69, 9.17) is 4.74 Å². The summed E-state index contributed by atoms with van der Waals surface area (Å²) in [6.45, 7) is 7.52. The van der Waals surface area contributed by atoms with Crippen molar-refractivity contribution < 1.29 is 9.53 Å². The molecule has 2 saturated heterocycles. The standard InChI is InChI=1S/C11H20N2O2/c1-3-13(9-6-12-7-9)11(14)10-8(2)4-5-15-10/h8-10,12H,3-7H2,1-2H3. The highest BCUT2D eigenvalue weighted by molar-refractivity contribution is 5.82. The third-order valence-electron chi connectivity index (χ3n) is 3.46. The molecule has 0 radical (unpaired) electrons. The van der Waals surface area contributed by atoms with Crippen molar-refractivity contribution in [1.82, 2.24) is 10.2 Å². The number of amides is 1. The molecule has 0 saturated carbocycles. The third-order valence-corrected chi connectivity index (χ3v) is 3.46. The first kappa shape index (κ1) is 10.9. The van der Waals surface area contributed by atoms with E-state index < -0.39 is 0 Å². The van der Waals surface area contributed by atoms with E-state index in [2.05, 4.69) is 12.2 Å². The van der Waals surface area contributed by atoms with Crippen LogP contribution >= 0.6 is 0 Å². The lowest BCUT2D eigenvalue weighted by atomic mass is 10.0. The lowest BCUT2D eigenvalue weighted by Crippen LogP contribution is -2.60. The van der Waals surface area contributed by atoms with Crippen molar-refractivity contribution in [2.45, 2.75) is 32.4 Å². The highest BCUT2D eigenvalue weighted by Gasteiger charge is 2.37. The van der Waals surface area contributed by atoms with Crippen molar-refractivity contribution in [3.63, 3.8) is 0 Å². The molecule has 2 heterocycles. The van der Waals surface area contributed by atoms with Crippen LogP contribution in [0.3, 0.4) is 0 Å². The van der Waals surface area contributed by atoms with E-state index in [1.807, 2.05) is 11.8 Å². The van der Waals surface area contributed by atoms with Crippen molar-refractivity contribution >= 4 is 5.91 Å². The SMILES string of the molecule is CCN(C(=O)C1OCCC1C)C1CNC1. The summed E-state index contributed by atoms with van der Waals surface area (Å²) in [6.07, 6.45) is 0.821. The number of carbonyl (C=O) groups excluding carboxylic acids is 1. The van der Waals surface area contributed by atoms with Crippen LogP contribution in [0.4, 0.5) is 0 Å². The first-order chi connectivity index (χ1) is 7.24. The maximum Gasteiger partial charge on any atom is 0.252 e.